The number of aromatic hydroxyl groups is 1. The first kappa shape index (κ1) is 121. The zero-order valence-corrected chi connectivity index (χ0v) is 84.9. The van der Waals surface area contributed by atoms with Crippen molar-refractivity contribution in [2.45, 2.75) is 248 Å². The van der Waals surface area contributed by atoms with Crippen molar-refractivity contribution in [1.82, 2.24) is 106 Å². The van der Waals surface area contributed by atoms with Gasteiger partial charge in [0.15, 0.2) is 17.9 Å². The van der Waals surface area contributed by atoms with Crippen molar-refractivity contribution in [3.05, 3.63) is 65.9 Å². The zero-order valence-electron chi connectivity index (χ0n) is 81.6. The number of aromatic nitrogens is 1. The number of para-hydroxylation sites is 1. The van der Waals surface area contributed by atoms with Crippen LogP contribution in [0.2, 0.25) is 0 Å². The number of carbonyl (C=O) groups excluding carboxylic acids is 16. The second kappa shape index (κ2) is 61.7. The normalized spacial score (nSPS) is 20.7. The number of aliphatic carboxylic acids is 3. The lowest BCUT2D eigenvalue weighted by molar-refractivity contribution is -0.144. The van der Waals surface area contributed by atoms with Crippen LogP contribution in [0.5, 0.6) is 5.75 Å². The van der Waals surface area contributed by atoms with E-state index in [1.54, 1.807) is 50.6 Å². The van der Waals surface area contributed by atoms with Gasteiger partial charge in [-0.25, -0.2) is 4.79 Å². The van der Waals surface area contributed by atoms with Crippen molar-refractivity contribution in [3.63, 3.8) is 0 Å². The molecule has 2 saturated heterocycles. The smallest absolute Gasteiger partial charge is 0.326 e. The number of aliphatic hydroxyl groups excluding tert-OH is 1. The Hall–Kier alpha value is -13.2. The molecule has 2 aliphatic rings. The summed E-state index contributed by atoms with van der Waals surface area (Å²) in [5.74, 6) is -26.2. The molecule has 0 spiro atoms. The fourth-order valence-electron chi connectivity index (χ4n) is 15.1. The number of guanidine groups is 3. The number of nitrogens with zero attached hydrogens (tertiary/aromatic N) is 1. The number of aliphatic hydroxyl groups is 1. The molecule has 51 nitrogen and oxygen atoms in total. The van der Waals surface area contributed by atoms with Crippen molar-refractivity contribution in [2.24, 2.45) is 40.7 Å². The number of thioether (sulfide) groups is 2. The quantitative estimate of drug-likeness (QED) is 0.0108. The SMILES string of the molecule is CSCCC1NC(=O)[C@@H](NC(=O)[C@H](CCCNC(=N)N)NC(=O)[C@H](CCSC)NC(=O)[C@@H](NC(=O)[C@@H](N)CC(=O)O)[C@@H](C)O)CSSC[C@@H](C(=O)N[C@@H](Cc2c[nH]c3ccccc23)C(=O)N[C@@H](CCC(=O)O)C(=O)N[C@H](C(=O)O)C(C)C)NC(=O)[C@@H]2CCCN2C(=O)[C@H](CCCNC(=N)N)NC(=O)C(Cc2ccc(O)cc2)NC(=O)[C@H](C(C)C)NC(=O)[C@H](CCCNC(=N)N)NC(=O)CNC(=O)[C@H](C(C)C)NC1=O. The average molecular weight is 2100 g/mol. The molecule has 2 aromatic carbocycles. The summed E-state index contributed by atoms with van der Waals surface area (Å²) >= 11 is 2.43. The van der Waals surface area contributed by atoms with E-state index < -0.39 is 295 Å². The van der Waals surface area contributed by atoms with E-state index in [4.69, 9.17) is 39.2 Å². The van der Waals surface area contributed by atoms with E-state index in [9.17, 15) is 78.3 Å². The number of carboxylic acid groups (broad SMARTS) is 3. The Kier molecular flexibility index (Phi) is 52.0. The zero-order chi connectivity index (χ0) is 107. The first-order valence-electron chi connectivity index (χ1n) is 46.8. The molecule has 17 atom stereocenters. The fraction of sp³-hybridized carbons (Fsp3) is 0.596. The highest BCUT2D eigenvalue weighted by molar-refractivity contribution is 8.76. The molecule has 0 aliphatic carbocycles. The Bertz CT molecular complexity index is 4960. The highest BCUT2D eigenvalue weighted by Gasteiger charge is 2.44. The summed E-state index contributed by atoms with van der Waals surface area (Å²) < 4.78 is 0. The molecule has 144 heavy (non-hydrogen) atoms. The van der Waals surface area contributed by atoms with Crippen molar-refractivity contribution in [1.29, 1.82) is 16.2 Å². The molecule has 5 rings (SSSR count). The molecule has 2 unspecified atom stereocenters. The van der Waals surface area contributed by atoms with Crippen molar-refractivity contribution in [3.8, 4) is 5.75 Å². The summed E-state index contributed by atoms with van der Waals surface area (Å²) in [5, 5.41) is 121. The van der Waals surface area contributed by atoms with Crippen LogP contribution in [0, 0.1) is 34.0 Å². The predicted octanol–water partition coefficient (Wildman–Crippen LogP) is -5.66. The van der Waals surface area contributed by atoms with Gasteiger partial charge in [0.05, 0.1) is 25.1 Å². The van der Waals surface area contributed by atoms with Crippen molar-refractivity contribution >= 4 is 186 Å². The number of nitrogens with one attached hydrogen (secondary N) is 22. The number of phenolic OH excluding ortho intramolecular Hbond substituents is 1. The van der Waals surface area contributed by atoms with Crippen LogP contribution in [0.3, 0.4) is 0 Å². The second-order valence-electron chi connectivity index (χ2n) is 35.5. The number of phenols is 1. The van der Waals surface area contributed by atoms with Gasteiger partial charge < -0.3 is 154 Å². The van der Waals surface area contributed by atoms with Crippen LogP contribution in [0.4, 0.5) is 0 Å². The van der Waals surface area contributed by atoms with Gasteiger partial charge >= 0.3 is 17.9 Å². The Morgan fingerprint density at radius 2 is 1.06 bits per heavy atom. The van der Waals surface area contributed by atoms with E-state index in [0.29, 0.717) is 22.0 Å². The molecule has 2 fully saturated rings. The average Bonchev–Trinajstić information content (AvgIpc) is 1.56. The minimum absolute atomic E-state index is 0.00796. The summed E-state index contributed by atoms with van der Waals surface area (Å²) in [6.07, 6.45) is -1.24. The first-order valence-corrected chi connectivity index (χ1v) is 52.0. The number of aromatic amines is 1. The standard InChI is InChI=1S/C89H139N27O24S4/c1-43(2)67-82(135)101-40-64(119)102-53(18-12-30-97-87(91)92)74(127)113-68(44(3)4)83(136)109-59(36-47-22-24-49(118)25-23-47)77(130)107-58(20-14-32-99-89(95)96)85(138)116-33-15-21-63(116)81(134)111-62(80(133)108-60(37-48-39-100-52-17-11-10-16-50(48)52)78(131)104-55(26-27-65(120)121)75(128)114-69(45(5)6)86(139)140)42-144-143-41-61(79(132)105-57(29-35-142-9)76(129)112-67)110-72(125)54(19-13-31-98-88(93)94)103-73(126)56(28-34-141-8)106-84(137)70(46(7)117)115-71(124)51(90)38-66(122)123/h10-11,16-17,22-25,39,43-46,51,53-63,67-70,100,117-118H,12-15,18-21,26-38,40-42,90H2,1-9H3,(H,101,135)(H,102,119)(H,103,126)(H,104,131)(H,105,132)(H,106,137)(H,107,130)(H,108,133)(H,109,136)(H,110,125)(H,111,134)(H,112,129)(H,113,127)(H,114,128)(H,115,124)(H,120,121)(H,122,123)(H,139,140)(H4,91,92,97)(H4,93,94,98)(H4,95,96,99)/t46-,51+,53+,54+,55+,56+,57?,58+,59?,60+,61+,62+,63+,67+,68+,69+,70+/m1/s1. The lowest BCUT2D eigenvalue weighted by Crippen LogP contribution is -2.61. The van der Waals surface area contributed by atoms with E-state index in [1.807, 2.05) is 0 Å². The Morgan fingerprint density at radius 1 is 0.535 bits per heavy atom. The highest BCUT2D eigenvalue weighted by atomic mass is 33.1. The maximum absolute atomic E-state index is 15.9. The largest absolute Gasteiger partial charge is 0.508 e. The minimum atomic E-state index is -1.89. The number of fused-ring (bicyclic) bond motifs is 2. The molecule has 0 bridgehead atoms. The number of benzene rings is 2. The topological polar surface area (TPSA) is 837 Å². The Morgan fingerprint density at radius 3 is 1.64 bits per heavy atom. The molecule has 798 valence electrons. The van der Waals surface area contributed by atoms with E-state index in [-0.39, 0.29) is 114 Å². The number of hydrogen-bond donors (Lipinski definition) is 31. The minimum Gasteiger partial charge on any atom is -0.508 e. The number of carboxylic acids is 3. The molecule has 0 radical (unpaired) electrons. The van der Waals surface area contributed by atoms with E-state index >= 15 is 38.4 Å². The maximum atomic E-state index is 15.9. The molecule has 2 aliphatic heterocycles. The van der Waals surface area contributed by atoms with Crippen LogP contribution < -0.4 is 119 Å². The number of carbonyl (C=O) groups is 19. The van der Waals surface area contributed by atoms with Gasteiger partial charge in [-0.1, -0.05) is 93.5 Å². The monoisotopic (exact) mass is 2100 g/mol. The van der Waals surface area contributed by atoms with Gasteiger partial charge in [-0.3, -0.25) is 103 Å². The third kappa shape index (κ3) is 41.7. The molecule has 3 aromatic rings. The summed E-state index contributed by atoms with van der Waals surface area (Å²) in [6.45, 7) is 8.99. The Balaban J connectivity index is 1.80. The summed E-state index contributed by atoms with van der Waals surface area (Å²) in [7, 11) is 1.47. The molecule has 0 saturated carbocycles. The fourth-order valence-corrected chi connectivity index (χ4v) is 18.3. The van der Waals surface area contributed by atoms with Gasteiger partial charge in [-0.2, -0.15) is 23.5 Å². The van der Waals surface area contributed by atoms with Gasteiger partial charge in [0.25, 0.3) is 0 Å². The van der Waals surface area contributed by atoms with Gasteiger partial charge in [-0.05, 0) is 149 Å². The molecule has 16 amide bonds. The number of amides is 16. The molecule has 1 aromatic heterocycles. The molecule has 55 heteroatoms. The lowest BCUT2D eigenvalue weighted by Gasteiger charge is -2.31. The summed E-state index contributed by atoms with van der Waals surface area (Å²) in [4.78, 5) is 279. The number of H-pyrrole nitrogens is 1. The van der Waals surface area contributed by atoms with Gasteiger partial charge in [0, 0.05) is 74.0 Å². The molecule has 35 N–H and O–H groups in total. The third-order valence-electron chi connectivity index (χ3n) is 23.0. The third-order valence-corrected chi connectivity index (χ3v) is 26.7. The second-order valence-corrected chi connectivity index (χ2v) is 40.0. The van der Waals surface area contributed by atoms with Crippen LogP contribution in [-0.4, -0.2) is 337 Å². The van der Waals surface area contributed by atoms with E-state index in [2.05, 4.69) is 101 Å². The van der Waals surface area contributed by atoms with Crippen molar-refractivity contribution < 1.29 is 117 Å². The van der Waals surface area contributed by atoms with E-state index in [1.165, 1.54) is 81.7 Å². The van der Waals surface area contributed by atoms with Crippen LogP contribution in [0.25, 0.3) is 10.9 Å². The molecular formula is C89H139N27O24S4. The number of hydrogen-bond acceptors (Lipinski definition) is 29. The highest BCUT2D eigenvalue weighted by Crippen LogP contribution is 2.28. The van der Waals surface area contributed by atoms with Crippen LogP contribution in [-0.2, 0) is 104 Å². The molecular weight excluding hydrogens is 1960 g/mol. The summed E-state index contributed by atoms with van der Waals surface area (Å²) in [6, 6.07) is -14.5. The first-order chi connectivity index (χ1) is 68.0. The number of nitrogens with two attached hydrogens (primary N) is 4. The van der Waals surface area contributed by atoms with Crippen LogP contribution in [0.15, 0.2) is 54.7 Å². The van der Waals surface area contributed by atoms with Crippen LogP contribution in [0.1, 0.15) is 143 Å². The van der Waals surface area contributed by atoms with Gasteiger partial charge in [-0.15, -0.1) is 0 Å². The van der Waals surface area contributed by atoms with Crippen molar-refractivity contribution in [2.75, 3.05) is 68.2 Å². The Labute approximate surface area is 848 Å². The summed E-state index contributed by atoms with van der Waals surface area (Å²) in [5.41, 5.74) is 23.9. The number of rotatable bonds is 46. The predicted molar refractivity (Wildman–Crippen MR) is 538 cm³/mol. The molecule has 3 heterocycles. The lowest BCUT2D eigenvalue weighted by atomic mass is 9.99. The van der Waals surface area contributed by atoms with E-state index in [0.717, 1.165) is 33.4 Å². The van der Waals surface area contributed by atoms with Crippen LogP contribution >= 0.6 is 45.1 Å². The van der Waals surface area contributed by atoms with Gasteiger partial charge in [0.2, 0.25) is 94.5 Å². The maximum Gasteiger partial charge on any atom is 0.326 e. The van der Waals surface area contributed by atoms with Gasteiger partial charge in [0.1, 0.15) is 96.4 Å².